The first-order valence-corrected chi connectivity index (χ1v) is 8.77. The third-order valence-electron chi connectivity index (χ3n) is 7.15. The minimum atomic E-state index is -1.48. The highest BCUT2D eigenvalue weighted by molar-refractivity contribution is 5.22. The average Bonchev–Trinajstić information content (AvgIpc) is 2.73. The molecule has 0 aromatic carbocycles. The normalized spacial score (nSPS) is 55.1. The Balaban J connectivity index is 2.02. The number of aliphatic hydroxyl groups is 4. The van der Waals surface area contributed by atoms with Crippen LogP contribution < -0.4 is 0 Å². The lowest BCUT2D eigenvalue weighted by Crippen LogP contribution is -2.74. The lowest BCUT2D eigenvalue weighted by Gasteiger charge is -2.58. The Labute approximate surface area is 132 Å². The van der Waals surface area contributed by atoms with Crippen molar-refractivity contribution in [3.63, 3.8) is 0 Å². The Morgan fingerprint density at radius 3 is 2.41 bits per heavy atom. The van der Waals surface area contributed by atoms with E-state index in [0.29, 0.717) is 18.9 Å². The molecule has 0 aliphatic heterocycles. The van der Waals surface area contributed by atoms with E-state index in [4.69, 9.17) is 0 Å². The second-order valence-electron chi connectivity index (χ2n) is 8.02. The van der Waals surface area contributed by atoms with Crippen LogP contribution in [0.5, 0.6) is 0 Å². The number of hydrogen-bond acceptors (Lipinski definition) is 5. The fourth-order valence-electron chi connectivity index (χ4n) is 5.76. The van der Waals surface area contributed by atoms with Crippen LogP contribution in [-0.2, 0) is 0 Å². The van der Waals surface area contributed by atoms with Gasteiger partial charge in [-0.3, -0.25) is 4.90 Å². The van der Waals surface area contributed by atoms with E-state index in [0.717, 1.165) is 25.7 Å². The SMILES string of the molecule is CCN(C)C1(O)CC2(O)CC3CCCCC3C2(O)C(C)C1O. The van der Waals surface area contributed by atoms with E-state index < -0.39 is 28.9 Å². The number of fused-ring (bicyclic) bond motifs is 3. The second kappa shape index (κ2) is 5.15. The highest BCUT2D eigenvalue weighted by Crippen LogP contribution is 2.62. The summed E-state index contributed by atoms with van der Waals surface area (Å²) in [5, 5.41) is 44.6. The summed E-state index contributed by atoms with van der Waals surface area (Å²) in [7, 11) is 1.76. The van der Waals surface area contributed by atoms with Gasteiger partial charge < -0.3 is 20.4 Å². The molecule has 7 atom stereocenters. The summed E-state index contributed by atoms with van der Waals surface area (Å²) in [6.07, 6.45) is 3.63. The third kappa shape index (κ3) is 1.89. The molecule has 7 unspecified atom stereocenters. The van der Waals surface area contributed by atoms with Gasteiger partial charge in [-0.05, 0) is 44.7 Å². The maximum atomic E-state index is 11.5. The Morgan fingerprint density at radius 2 is 1.77 bits per heavy atom. The first-order valence-electron chi connectivity index (χ1n) is 8.77. The quantitative estimate of drug-likeness (QED) is 0.564. The Bertz CT molecular complexity index is 446. The van der Waals surface area contributed by atoms with Gasteiger partial charge in [0.05, 0.1) is 5.60 Å². The summed E-state index contributed by atoms with van der Waals surface area (Å²) in [5.41, 5.74) is -4.09. The van der Waals surface area contributed by atoms with Gasteiger partial charge in [-0.25, -0.2) is 0 Å². The number of likely N-dealkylation sites (N-methyl/N-ethyl adjacent to an activating group) is 1. The van der Waals surface area contributed by atoms with E-state index in [1.807, 2.05) is 6.92 Å². The van der Waals surface area contributed by atoms with Crippen LogP contribution >= 0.6 is 0 Å². The molecule has 128 valence electrons. The van der Waals surface area contributed by atoms with Gasteiger partial charge in [0.2, 0.25) is 0 Å². The predicted molar refractivity (Wildman–Crippen MR) is 83.0 cm³/mol. The summed E-state index contributed by atoms with van der Waals surface area (Å²) < 4.78 is 0. The number of aliphatic hydroxyl groups excluding tert-OH is 1. The summed E-state index contributed by atoms with van der Waals surface area (Å²) in [4.78, 5) is 1.69. The highest BCUT2D eigenvalue weighted by Gasteiger charge is 2.72. The smallest absolute Gasteiger partial charge is 0.147 e. The van der Waals surface area contributed by atoms with Crippen molar-refractivity contribution in [3.05, 3.63) is 0 Å². The van der Waals surface area contributed by atoms with Crippen LogP contribution in [0, 0.1) is 17.8 Å². The molecule has 3 saturated carbocycles. The standard InChI is InChI=1S/C17H31NO4/c1-4-18(3)16(21)10-15(20)9-12-7-5-6-8-13(12)17(15,22)11(2)14(16)19/h11-14,19-22H,4-10H2,1-3H3. The molecule has 3 rings (SSSR count). The predicted octanol–water partition coefficient (Wildman–Crippen LogP) is 0.700. The van der Waals surface area contributed by atoms with Crippen LogP contribution in [0.1, 0.15) is 52.4 Å². The van der Waals surface area contributed by atoms with Crippen molar-refractivity contribution in [1.82, 2.24) is 4.90 Å². The van der Waals surface area contributed by atoms with E-state index in [9.17, 15) is 20.4 Å². The molecule has 0 radical (unpaired) electrons. The monoisotopic (exact) mass is 313 g/mol. The lowest BCUT2D eigenvalue weighted by molar-refractivity contribution is -0.310. The third-order valence-corrected chi connectivity index (χ3v) is 7.15. The molecule has 0 heterocycles. The van der Waals surface area contributed by atoms with Gasteiger partial charge in [0, 0.05) is 12.3 Å². The zero-order chi connectivity index (χ0) is 16.3. The van der Waals surface area contributed by atoms with Gasteiger partial charge in [0.1, 0.15) is 17.4 Å². The van der Waals surface area contributed by atoms with Gasteiger partial charge in [-0.1, -0.05) is 26.7 Å². The van der Waals surface area contributed by atoms with E-state index in [2.05, 4.69) is 0 Å². The Kier molecular flexibility index (Phi) is 3.90. The van der Waals surface area contributed by atoms with Crippen molar-refractivity contribution in [2.45, 2.75) is 75.4 Å². The molecule has 3 fully saturated rings. The Hall–Kier alpha value is -0.200. The van der Waals surface area contributed by atoms with Crippen molar-refractivity contribution in [2.75, 3.05) is 13.6 Å². The highest BCUT2D eigenvalue weighted by atomic mass is 16.4. The minimum absolute atomic E-state index is 0.0132. The Morgan fingerprint density at radius 1 is 1.14 bits per heavy atom. The van der Waals surface area contributed by atoms with Crippen molar-refractivity contribution in [3.8, 4) is 0 Å². The van der Waals surface area contributed by atoms with Crippen LogP contribution in [-0.4, -0.2) is 61.9 Å². The molecular formula is C17H31NO4. The summed E-state index contributed by atoms with van der Waals surface area (Å²) in [6, 6.07) is 0. The van der Waals surface area contributed by atoms with Gasteiger partial charge in [0.15, 0.2) is 0 Å². The van der Waals surface area contributed by atoms with Crippen LogP contribution in [0.15, 0.2) is 0 Å². The molecule has 3 aliphatic rings. The molecule has 0 amide bonds. The van der Waals surface area contributed by atoms with Gasteiger partial charge in [0.25, 0.3) is 0 Å². The minimum Gasteiger partial charge on any atom is -0.388 e. The number of nitrogens with zero attached hydrogens (tertiary/aromatic N) is 1. The number of hydrogen-bond donors (Lipinski definition) is 4. The summed E-state index contributed by atoms with van der Waals surface area (Å²) in [6.45, 7) is 4.26. The first-order chi connectivity index (χ1) is 10.2. The van der Waals surface area contributed by atoms with Crippen molar-refractivity contribution < 1.29 is 20.4 Å². The molecule has 0 bridgehead atoms. The average molecular weight is 313 g/mol. The van der Waals surface area contributed by atoms with Gasteiger partial charge in [-0.2, -0.15) is 0 Å². The first kappa shape index (κ1) is 16.7. The molecular weight excluding hydrogens is 282 g/mol. The zero-order valence-corrected chi connectivity index (χ0v) is 14.0. The van der Waals surface area contributed by atoms with E-state index in [1.165, 1.54) is 0 Å². The zero-order valence-electron chi connectivity index (χ0n) is 14.0. The molecule has 22 heavy (non-hydrogen) atoms. The van der Waals surface area contributed by atoms with Crippen molar-refractivity contribution in [1.29, 1.82) is 0 Å². The topological polar surface area (TPSA) is 84.2 Å². The molecule has 4 N–H and O–H groups in total. The van der Waals surface area contributed by atoms with Crippen LogP contribution in [0.25, 0.3) is 0 Å². The largest absolute Gasteiger partial charge is 0.388 e. The summed E-state index contributed by atoms with van der Waals surface area (Å²) in [5.74, 6) is -0.224. The van der Waals surface area contributed by atoms with Gasteiger partial charge >= 0.3 is 0 Å². The molecule has 5 nitrogen and oxygen atoms in total. The fourth-order valence-corrected chi connectivity index (χ4v) is 5.76. The number of rotatable bonds is 2. The van der Waals surface area contributed by atoms with Crippen LogP contribution in [0.2, 0.25) is 0 Å². The fraction of sp³-hybridized carbons (Fsp3) is 1.00. The van der Waals surface area contributed by atoms with Gasteiger partial charge in [-0.15, -0.1) is 0 Å². The van der Waals surface area contributed by atoms with Crippen LogP contribution in [0.4, 0.5) is 0 Å². The summed E-state index contributed by atoms with van der Waals surface area (Å²) >= 11 is 0. The van der Waals surface area contributed by atoms with Crippen molar-refractivity contribution >= 4 is 0 Å². The van der Waals surface area contributed by atoms with Crippen molar-refractivity contribution in [2.24, 2.45) is 17.8 Å². The van der Waals surface area contributed by atoms with E-state index in [1.54, 1.807) is 18.9 Å². The molecule has 0 spiro atoms. The molecule has 0 aromatic heterocycles. The molecule has 3 aliphatic carbocycles. The molecule has 0 aromatic rings. The van der Waals surface area contributed by atoms with Crippen LogP contribution in [0.3, 0.4) is 0 Å². The maximum absolute atomic E-state index is 11.5. The second-order valence-corrected chi connectivity index (χ2v) is 8.02. The lowest BCUT2D eigenvalue weighted by atomic mass is 9.59. The maximum Gasteiger partial charge on any atom is 0.147 e. The van der Waals surface area contributed by atoms with E-state index >= 15 is 0 Å². The molecule has 0 saturated heterocycles. The van der Waals surface area contributed by atoms with E-state index in [-0.39, 0.29) is 12.3 Å². The molecule has 5 heteroatoms.